The molecule has 0 aliphatic rings. The summed E-state index contributed by atoms with van der Waals surface area (Å²) in [4.78, 5) is 17.8. The quantitative estimate of drug-likeness (QED) is 0.466. The van der Waals surface area contributed by atoms with E-state index < -0.39 is 0 Å². The zero-order valence-corrected chi connectivity index (χ0v) is 16.5. The highest BCUT2D eigenvalue weighted by molar-refractivity contribution is 9.09. The van der Waals surface area contributed by atoms with Crippen molar-refractivity contribution in [2.45, 2.75) is 32.1 Å². The molecule has 3 aromatic heterocycles. The Hall–Kier alpha value is -2.47. The third-order valence-electron chi connectivity index (χ3n) is 4.67. The van der Waals surface area contributed by atoms with Crippen molar-refractivity contribution in [1.82, 2.24) is 19.3 Å². The van der Waals surface area contributed by atoms with E-state index in [9.17, 15) is 4.79 Å². The fourth-order valence-electron chi connectivity index (χ4n) is 3.56. The summed E-state index contributed by atoms with van der Waals surface area (Å²) in [6, 6.07) is 9.78. The number of nitrogens with zero attached hydrogens (tertiary/aromatic N) is 4. The summed E-state index contributed by atoms with van der Waals surface area (Å²) in [5, 5.41) is 7.24. The van der Waals surface area contributed by atoms with Crippen molar-refractivity contribution in [2.24, 2.45) is 0 Å². The number of aryl methyl sites for hydroxylation is 2. The second-order valence-corrected chi connectivity index (χ2v) is 7.80. The lowest BCUT2D eigenvalue weighted by Gasteiger charge is -2.15. The van der Waals surface area contributed by atoms with Gasteiger partial charge in [-0.1, -0.05) is 28.1 Å². The Kier molecular flexibility index (Phi) is 4.15. The molecule has 1 aromatic carbocycles. The SMILES string of the molecule is CCn1c(=O)c2cc(C)cc(C(C)Br)c2c2cnn(-c3ccccn3)c21. The Labute approximate surface area is 159 Å². The summed E-state index contributed by atoms with van der Waals surface area (Å²) in [7, 11) is 0. The van der Waals surface area contributed by atoms with Crippen molar-refractivity contribution >= 4 is 37.7 Å². The maximum atomic E-state index is 13.3. The second-order valence-electron chi connectivity index (χ2n) is 6.42. The number of fused-ring (bicyclic) bond motifs is 3. The van der Waals surface area contributed by atoms with Gasteiger partial charge in [0.25, 0.3) is 5.56 Å². The van der Waals surface area contributed by atoms with Gasteiger partial charge in [0.1, 0.15) is 5.65 Å². The molecule has 1 atom stereocenters. The van der Waals surface area contributed by atoms with Crippen LogP contribution in [0.1, 0.15) is 29.8 Å². The third-order valence-corrected chi connectivity index (χ3v) is 5.16. The van der Waals surface area contributed by atoms with Crippen LogP contribution in [0.2, 0.25) is 0 Å². The summed E-state index contributed by atoms with van der Waals surface area (Å²) in [6.45, 7) is 6.65. The molecule has 1 unspecified atom stereocenters. The number of halogens is 1. The Balaban J connectivity index is 2.24. The molecule has 26 heavy (non-hydrogen) atoms. The van der Waals surface area contributed by atoms with Gasteiger partial charge < -0.3 is 0 Å². The molecule has 0 saturated carbocycles. The first-order valence-electron chi connectivity index (χ1n) is 8.63. The van der Waals surface area contributed by atoms with Crippen LogP contribution in [0.3, 0.4) is 0 Å². The molecule has 0 saturated heterocycles. The zero-order valence-electron chi connectivity index (χ0n) is 14.9. The molecule has 0 N–H and O–H groups in total. The molecule has 0 fully saturated rings. The van der Waals surface area contributed by atoms with Crippen molar-refractivity contribution in [3.63, 3.8) is 0 Å². The summed E-state index contributed by atoms with van der Waals surface area (Å²) in [5.74, 6) is 0.698. The molecule has 4 rings (SSSR count). The molecule has 0 aliphatic carbocycles. The first-order chi connectivity index (χ1) is 12.5. The lowest BCUT2D eigenvalue weighted by molar-refractivity contribution is 0.727. The van der Waals surface area contributed by atoms with E-state index in [1.807, 2.05) is 44.3 Å². The molecular formula is C20H19BrN4O. The van der Waals surface area contributed by atoms with Gasteiger partial charge in [0, 0.05) is 33.7 Å². The monoisotopic (exact) mass is 410 g/mol. The number of rotatable bonds is 3. The van der Waals surface area contributed by atoms with E-state index in [1.54, 1.807) is 15.4 Å². The summed E-state index contributed by atoms with van der Waals surface area (Å²) < 4.78 is 3.53. The van der Waals surface area contributed by atoms with E-state index in [-0.39, 0.29) is 10.4 Å². The fraction of sp³-hybridized carbons (Fsp3) is 0.250. The van der Waals surface area contributed by atoms with E-state index in [2.05, 4.69) is 39.0 Å². The predicted molar refractivity (Wildman–Crippen MR) is 108 cm³/mol. The van der Waals surface area contributed by atoms with Crippen molar-refractivity contribution in [2.75, 3.05) is 0 Å². The highest BCUT2D eigenvalue weighted by atomic mass is 79.9. The van der Waals surface area contributed by atoms with Crippen LogP contribution < -0.4 is 5.56 Å². The molecule has 132 valence electrons. The van der Waals surface area contributed by atoms with Crippen molar-refractivity contribution in [3.05, 3.63) is 64.2 Å². The highest BCUT2D eigenvalue weighted by Crippen LogP contribution is 2.34. The fourth-order valence-corrected chi connectivity index (χ4v) is 3.92. The standard InChI is InChI=1S/C20H19BrN4O/c1-4-24-19-16(11-23-25(19)17-7-5-6-8-22-17)18-14(13(3)21)9-12(2)10-15(18)20(24)26/h5-11,13H,4H2,1-3H3. The topological polar surface area (TPSA) is 52.7 Å². The van der Waals surface area contributed by atoms with Crippen molar-refractivity contribution in [3.8, 4) is 5.82 Å². The Morgan fingerprint density at radius 1 is 1.23 bits per heavy atom. The summed E-state index contributed by atoms with van der Waals surface area (Å²) >= 11 is 3.69. The van der Waals surface area contributed by atoms with Crippen LogP contribution in [0.5, 0.6) is 0 Å². The lowest BCUT2D eigenvalue weighted by atomic mass is 9.98. The van der Waals surface area contributed by atoms with Gasteiger partial charge in [-0.15, -0.1) is 0 Å². The Morgan fingerprint density at radius 3 is 2.69 bits per heavy atom. The van der Waals surface area contributed by atoms with Gasteiger partial charge in [0.05, 0.1) is 6.20 Å². The average molecular weight is 411 g/mol. The van der Waals surface area contributed by atoms with Crippen molar-refractivity contribution in [1.29, 1.82) is 0 Å². The van der Waals surface area contributed by atoms with Gasteiger partial charge in [-0.25, -0.2) is 4.98 Å². The third kappa shape index (κ3) is 2.48. The van der Waals surface area contributed by atoms with Crippen LogP contribution >= 0.6 is 15.9 Å². The van der Waals surface area contributed by atoms with Crippen LogP contribution in [-0.2, 0) is 6.54 Å². The van der Waals surface area contributed by atoms with Crippen LogP contribution in [0, 0.1) is 6.92 Å². The smallest absolute Gasteiger partial charge is 0.260 e. The molecule has 0 radical (unpaired) electrons. The van der Waals surface area contributed by atoms with Crippen LogP contribution in [0.4, 0.5) is 0 Å². The van der Waals surface area contributed by atoms with E-state index >= 15 is 0 Å². The van der Waals surface area contributed by atoms with E-state index in [1.165, 1.54) is 0 Å². The van der Waals surface area contributed by atoms with E-state index in [4.69, 9.17) is 0 Å². The number of pyridine rings is 2. The molecule has 3 heterocycles. The zero-order chi connectivity index (χ0) is 18.4. The van der Waals surface area contributed by atoms with E-state index in [0.29, 0.717) is 12.4 Å². The Morgan fingerprint density at radius 2 is 2.04 bits per heavy atom. The van der Waals surface area contributed by atoms with Gasteiger partial charge in [0.15, 0.2) is 5.82 Å². The minimum Gasteiger partial charge on any atom is -0.292 e. The number of hydrogen-bond acceptors (Lipinski definition) is 3. The largest absolute Gasteiger partial charge is 0.292 e. The van der Waals surface area contributed by atoms with Gasteiger partial charge >= 0.3 is 0 Å². The Bertz CT molecular complexity index is 1180. The van der Waals surface area contributed by atoms with Crippen LogP contribution in [0.25, 0.3) is 27.6 Å². The number of benzene rings is 1. The van der Waals surface area contributed by atoms with E-state index in [0.717, 1.165) is 32.9 Å². The summed E-state index contributed by atoms with van der Waals surface area (Å²) in [6.07, 6.45) is 3.57. The molecule has 6 heteroatoms. The number of alkyl halides is 1. The molecule has 0 aliphatic heterocycles. The minimum absolute atomic E-state index is 0.00535. The number of aromatic nitrogens is 4. The maximum absolute atomic E-state index is 13.3. The van der Waals surface area contributed by atoms with Crippen LogP contribution in [0.15, 0.2) is 47.5 Å². The van der Waals surface area contributed by atoms with Gasteiger partial charge in [0.2, 0.25) is 0 Å². The molecule has 0 bridgehead atoms. The predicted octanol–water partition coefficient (Wildman–Crippen LogP) is 4.52. The molecule has 0 spiro atoms. The minimum atomic E-state index is 0.00535. The molecule has 0 amide bonds. The first-order valence-corrected chi connectivity index (χ1v) is 9.54. The second kappa shape index (κ2) is 6.36. The molecule has 4 aromatic rings. The first kappa shape index (κ1) is 17.0. The number of hydrogen-bond donors (Lipinski definition) is 0. The molecular weight excluding hydrogens is 392 g/mol. The van der Waals surface area contributed by atoms with Gasteiger partial charge in [-0.2, -0.15) is 9.78 Å². The molecule has 5 nitrogen and oxygen atoms in total. The summed E-state index contributed by atoms with van der Waals surface area (Å²) in [5.41, 5.74) is 2.97. The van der Waals surface area contributed by atoms with Gasteiger partial charge in [-0.05, 0) is 50.1 Å². The maximum Gasteiger partial charge on any atom is 0.260 e. The average Bonchev–Trinajstić information content (AvgIpc) is 3.07. The lowest BCUT2D eigenvalue weighted by Crippen LogP contribution is -2.22. The van der Waals surface area contributed by atoms with Crippen molar-refractivity contribution < 1.29 is 0 Å². The van der Waals surface area contributed by atoms with Crippen LogP contribution in [-0.4, -0.2) is 19.3 Å². The normalized spacial score (nSPS) is 12.8. The highest BCUT2D eigenvalue weighted by Gasteiger charge is 2.20. The van der Waals surface area contributed by atoms with Gasteiger partial charge in [-0.3, -0.25) is 9.36 Å².